The van der Waals surface area contributed by atoms with E-state index in [1.165, 1.54) is 0 Å². The SMILES string of the molecule is CCC1(C)NC(=O)C(C)(C)N(CCc2ccnn2C)C1=O. The lowest BCUT2D eigenvalue weighted by Crippen LogP contribution is -2.73. The summed E-state index contributed by atoms with van der Waals surface area (Å²) in [6.07, 6.45) is 3.00. The van der Waals surface area contributed by atoms with Crippen LogP contribution in [0.3, 0.4) is 0 Å². The zero-order valence-corrected chi connectivity index (χ0v) is 13.4. The number of nitrogens with zero attached hydrogens (tertiary/aromatic N) is 3. The lowest BCUT2D eigenvalue weighted by molar-refractivity contribution is -0.160. The number of piperazine rings is 1. The van der Waals surface area contributed by atoms with Gasteiger partial charge >= 0.3 is 0 Å². The zero-order valence-electron chi connectivity index (χ0n) is 13.4. The third-order valence-corrected chi connectivity index (χ3v) is 4.56. The highest BCUT2D eigenvalue weighted by Gasteiger charge is 2.51. The van der Waals surface area contributed by atoms with Gasteiger partial charge in [-0.25, -0.2) is 0 Å². The van der Waals surface area contributed by atoms with Crippen LogP contribution in [0.15, 0.2) is 12.3 Å². The number of hydrogen-bond donors (Lipinski definition) is 1. The fraction of sp³-hybridized carbons (Fsp3) is 0.667. The van der Waals surface area contributed by atoms with E-state index in [1.807, 2.05) is 20.0 Å². The van der Waals surface area contributed by atoms with Crippen LogP contribution in [-0.2, 0) is 23.1 Å². The number of amides is 2. The van der Waals surface area contributed by atoms with E-state index >= 15 is 0 Å². The van der Waals surface area contributed by atoms with Gasteiger partial charge in [-0.2, -0.15) is 5.10 Å². The normalized spacial score (nSPS) is 25.1. The number of carbonyl (C=O) groups is 2. The van der Waals surface area contributed by atoms with Gasteiger partial charge in [0.2, 0.25) is 11.8 Å². The standard InChI is InChI=1S/C15H24N4O2/c1-6-15(4)13(21)19(14(2,3)12(20)17-15)10-8-11-7-9-16-18(11)5/h7,9H,6,8,10H2,1-5H3,(H,17,20). The van der Waals surface area contributed by atoms with Crippen LogP contribution in [0.4, 0.5) is 0 Å². The number of nitrogens with one attached hydrogen (secondary N) is 1. The van der Waals surface area contributed by atoms with Gasteiger partial charge in [0.1, 0.15) is 11.1 Å². The van der Waals surface area contributed by atoms with Crippen LogP contribution in [0.5, 0.6) is 0 Å². The Morgan fingerprint density at radius 3 is 2.48 bits per heavy atom. The van der Waals surface area contributed by atoms with Gasteiger partial charge in [-0.15, -0.1) is 0 Å². The largest absolute Gasteiger partial charge is 0.340 e. The van der Waals surface area contributed by atoms with Crippen LogP contribution >= 0.6 is 0 Å². The predicted molar refractivity (Wildman–Crippen MR) is 79.5 cm³/mol. The molecule has 0 spiro atoms. The molecule has 1 aromatic heterocycles. The highest BCUT2D eigenvalue weighted by Crippen LogP contribution is 2.28. The summed E-state index contributed by atoms with van der Waals surface area (Å²) in [6.45, 7) is 7.79. The lowest BCUT2D eigenvalue weighted by Gasteiger charge is -2.48. The molecule has 6 nitrogen and oxygen atoms in total. The van der Waals surface area contributed by atoms with Gasteiger partial charge < -0.3 is 10.2 Å². The van der Waals surface area contributed by atoms with E-state index in [1.54, 1.807) is 36.5 Å². The topological polar surface area (TPSA) is 67.2 Å². The maximum absolute atomic E-state index is 12.8. The summed E-state index contributed by atoms with van der Waals surface area (Å²) >= 11 is 0. The Morgan fingerprint density at radius 1 is 1.29 bits per heavy atom. The summed E-state index contributed by atoms with van der Waals surface area (Å²) in [7, 11) is 1.88. The van der Waals surface area contributed by atoms with E-state index in [9.17, 15) is 9.59 Å². The van der Waals surface area contributed by atoms with Gasteiger partial charge in [0.05, 0.1) is 0 Å². The zero-order chi connectivity index (χ0) is 15.8. The van der Waals surface area contributed by atoms with Crippen molar-refractivity contribution in [1.29, 1.82) is 0 Å². The van der Waals surface area contributed by atoms with Gasteiger partial charge in [-0.05, 0) is 33.3 Å². The first kappa shape index (κ1) is 15.5. The Kier molecular flexibility index (Phi) is 3.82. The maximum atomic E-state index is 12.8. The van der Waals surface area contributed by atoms with Crippen molar-refractivity contribution in [1.82, 2.24) is 20.0 Å². The average molecular weight is 292 g/mol. The second-order valence-electron chi connectivity index (χ2n) is 6.35. The highest BCUT2D eigenvalue weighted by atomic mass is 16.2. The average Bonchev–Trinajstić information content (AvgIpc) is 2.82. The molecule has 2 amide bonds. The quantitative estimate of drug-likeness (QED) is 0.895. The highest BCUT2D eigenvalue weighted by molar-refractivity contribution is 6.01. The van der Waals surface area contributed by atoms with Crippen molar-refractivity contribution in [2.24, 2.45) is 7.05 Å². The molecule has 0 aromatic carbocycles. The molecule has 0 radical (unpaired) electrons. The van der Waals surface area contributed by atoms with Crippen molar-refractivity contribution < 1.29 is 9.59 Å². The molecule has 6 heteroatoms. The molecule has 21 heavy (non-hydrogen) atoms. The van der Waals surface area contributed by atoms with Gasteiger partial charge in [0.15, 0.2) is 0 Å². The van der Waals surface area contributed by atoms with Crippen molar-refractivity contribution >= 4 is 11.8 Å². The van der Waals surface area contributed by atoms with Crippen LogP contribution in [0, 0.1) is 0 Å². The molecular weight excluding hydrogens is 268 g/mol. The number of rotatable bonds is 4. The third-order valence-electron chi connectivity index (χ3n) is 4.56. The van der Waals surface area contributed by atoms with Crippen molar-refractivity contribution in [2.75, 3.05) is 6.54 Å². The van der Waals surface area contributed by atoms with E-state index in [0.717, 1.165) is 5.69 Å². The Bertz CT molecular complexity index is 564. The molecule has 0 bridgehead atoms. The molecule has 1 atom stereocenters. The summed E-state index contributed by atoms with van der Waals surface area (Å²) in [5.74, 6) is -0.117. The van der Waals surface area contributed by atoms with E-state index < -0.39 is 11.1 Å². The molecule has 0 saturated carbocycles. The number of aryl methyl sites for hydroxylation is 1. The monoisotopic (exact) mass is 292 g/mol. The molecule has 2 heterocycles. The Labute approximate surface area is 125 Å². The first-order valence-corrected chi connectivity index (χ1v) is 7.34. The van der Waals surface area contributed by atoms with Crippen molar-refractivity contribution in [3.8, 4) is 0 Å². The molecule has 1 aromatic rings. The molecule has 0 aliphatic carbocycles. The minimum atomic E-state index is -0.829. The fourth-order valence-electron chi connectivity index (χ4n) is 2.62. The maximum Gasteiger partial charge on any atom is 0.248 e. The molecule has 1 saturated heterocycles. The van der Waals surface area contributed by atoms with Crippen LogP contribution in [0.2, 0.25) is 0 Å². The molecule has 1 aliphatic heterocycles. The lowest BCUT2D eigenvalue weighted by atomic mass is 9.86. The summed E-state index contributed by atoms with van der Waals surface area (Å²) in [5.41, 5.74) is -0.591. The van der Waals surface area contributed by atoms with E-state index in [0.29, 0.717) is 19.4 Å². The molecule has 1 fully saturated rings. The van der Waals surface area contributed by atoms with E-state index in [-0.39, 0.29) is 11.8 Å². The van der Waals surface area contributed by atoms with Gasteiger partial charge in [-0.1, -0.05) is 6.92 Å². The molecule has 1 unspecified atom stereocenters. The van der Waals surface area contributed by atoms with Crippen molar-refractivity contribution in [3.63, 3.8) is 0 Å². The van der Waals surface area contributed by atoms with Crippen LogP contribution < -0.4 is 5.32 Å². The first-order valence-electron chi connectivity index (χ1n) is 7.34. The number of hydrogen-bond acceptors (Lipinski definition) is 3. The van der Waals surface area contributed by atoms with Crippen LogP contribution in [0.25, 0.3) is 0 Å². The van der Waals surface area contributed by atoms with Gasteiger partial charge in [-0.3, -0.25) is 14.3 Å². The smallest absolute Gasteiger partial charge is 0.248 e. The second kappa shape index (κ2) is 5.16. The molecule has 116 valence electrons. The first-order chi connectivity index (χ1) is 9.72. The third kappa shape index (κ3) is 2.54. The van der Waals surface area contributed by atoms with Gasteiger partial charge in [0, 0.05) is 31.9 Å². The second-order valence-corrected chi connectivity index (χ2v) is 6.35. The Morgan fingerprint density at radius 2 is 1.95 bits per heavy atom. The molecular formula is C15H24N4O2. The van der Waals surface area contributed by atoms with E-state index in [2.05, 4.69) is 10.4 Å². The predicted octanol–water partition coefficient (Wildman–Crippen LogP) is 0.868. The summed E-state index contributed by atoms with van der Waals surface area (Å²) in [6, 6.07) is 1.93. The molecule has 2 rings (SSSR count). The molecule has 1 N–H and O–H groups in total. The minimum absolute atomic E-state index is 0.0169. The fourth-order valence-corrected chi connectivity index (χ4v) is 2.62. The Balaban J connectivity index is 2.23. The van der Waals surface area contributed by atoms with Crippen LogP contribution in [0.1, 0.15) is 39.8 Å². The molecule has 1 aliphatic rings. The van der Waals surface area contributed by atoms with Crippen molar-refractivity contribution in [3.05, 3.63) is 18.0 Å². The minimum Gasteiger partial charge on any atom is -0.340 e. The summed E-state index contributed by atoms with van der Waals surface area (Å²) < 4.78 is 1.79. The summed E-state index contributed by atoms with van der Waals surface area (Å²) in [5, 5.41) is 7.00. The number of aromatic nitrogens is 2. The Hall–Kier alpha value is -1.85. The summed E-state index contributed by atoms with van der Waals surface area (Å²) in [4.78, 5) is 26.8. The van der Waals surface area contributed by atoms with Crippen molar-refractivity contribution in [2.45, 2.75) is 51.6 Å². The number of carbonyl (C=O) groups excluding carboxylic acids is 2. The van der Waals surface area contributed by atoms with E-state index in [4.69, 9.17) is 0 Å². The van der Waals surface area contributed by atoms with Gasteiger partial charge in [0.25, 0.3) is 0 Å². The van der Waals surface area contributed by atoms with Crippen LogP contribution in [-0.4, -0.2) is 44.1 Å².